The van der Waals surface area contributed by atoms with E-state index in [9.17, 15) is 5.26 Å². The Bertz CT molecular complexity index is 758. The summed E-state index contributed by atoms with van der Waals surface area (Å²) in [5, 5.41) is 24.0. The predicted molar refractivity (Wildman–Crippen MR) is 73.8 cm³/mol. The minimum absolute atomic E-state index is 0.272. The molecular formula is C11H7Cl2N7. The predicted octanol–water partition coefficient (Wildman–Crippen LogP) is 1.47. The van der Waals surface area contributed by atoms with Crippen molar-refractivity contribution in [1.29, 1.82) is 5.26 Å². The minimum atomic E-state index is -0.719. The van der Waals surface area contributed by atoms with E-state index >= 15 is 0 Å². The SMILES string of the molecule is N#CC1=C(c2cccc(Cl)c2Cl)n2nnnc2NC1N. The molecule has 3 N–H and O–H groups in total. The van der Waals surface area contributed by atoms with Crippen LogP contribution in [0.4, 0.5) is 5.95 Å². The summed E-state index contributed by atoms with van der Waals surface area (Å²) in [6.45, 7) is 0. The highest BCUT2D eigenvalue weighted by atomic mass is 35.5. The van der Waals surface area contributed by atoms with E-state index in [2.05, 4.69) is 26.9 Å². The highest BCUT2D eigenvalue weighted by Crippen LogP contribution is 2.35. The van der Waals surface area contributed by atoms with Crippen molar-refractivity contribution in [1.82, 2.24) is 20.2 Å². The highest BCUT2D eigenvalue weighted by Gasteiger charge is 2.29. The Morgan fingerprint density at radius 1 is 1.40 bits per heavy atom. The van der Waals surface area contributed by atoms with Gasteiger partial charge in [-0.1, -0.05) is 40.4 Å². The number of nitriles is 1. The normalized spacial score (nSPS) is 17.4. The molecule has 0 radical (unpaired) electrons. The molecule has 7 nitrogen and oxygen atoms in total. The molecule has 1 atom stereocenters. The smallest absolute Gasteiger partial charge is 0.249 e. The fourth-order valence-electron chi connectivity index (χ4n) is 1.97. The Kier molecular flexibility index (Phi) is 3.06. The number of fused-ring (bicyclic) bond motifs is 1. The molecule has 1 aliphatic rings. The van der Waals surface area contributed by atoms with Crippen LogP contribution in [0.1, 0.15) is 5.56 Å². The number of aromatic nitrogens is 4. The van der Waals surface area contributed by atoms with E-state index in [1.165, 1.54) is 4.68 Å². The van der Waals surface area contributed by atoms with Gasteiger partial charge in [-0.2, -0.15) is 9.94 Å². The van der Waals surface area contributed by atoms with Crippen molar-refractivity contribution in [2.75, 3.05) is 5.32 Å². The van der Waals surface area contributed by atoms with Crippen LogP contribution in [0, 0.1) is 11.3 Å². The number of anilines is 1. The molecule has 0 fully saturated rings. The standard InChI is InChI=1S/C11H7Cl2N7/c12-7-3-1-2-5(8(7)13)9-6(4-14)10(15)16-11-17-18-19-20(9)11/h1-3,10H,15H2,(H,16,17,19). The number of rotatable bonds is 1. The van der Waals surface area contributed by atoms with Gasteiger partial charge in [-0.05, 0) is 16.5 Å². The number of tetrazole rings is 1. The van der Waals surface area contributed by atoms with Crippen LogP contribution in [0.2, 0.25) is 10.0 Å². The van der Waals surface area contributed by atoms with E-state index in [-0.39, 0.29) is 5.57 Å². The molecule has 0 saturated heterocycles. The Hall–Kier alpha value is -2.14. The van der Waals surface area contributed by atoms with Gasteiger partial charge in [-0.25, -0.2) is 0 Å². The van der Waals surface area contributed by atoms with E-state index in [4.69, 9.17) is 28.9 Å². The first kappa shape index (κ1) is 12.9. The van der Waals surface area contributed by atoms with Gasteiger partial charge in [0.2, 0.25) is 5.95 Å². The van der Waals surface area contributed by atoms with E-state index in [0.717, 1.165) is 0 Å². The molecular weight excluding hydrogens is 301 g/mol. The molecule has 0 saturated carbocycles. The number of nitrogens with two attached hydrogens (primary N) is 1. The molecule has 20 heavy (non-hydrogen) atoms. The summed E-state index contributed by atoms with van der Waals surface area (Å²) in [4.78, 5) is 0. The third-order valence-corrected chi connectivity index (χ3v) is 3.68. The van der Waals surface area contributed by atoms with Gasteiger partial charge in [0.05, 0.1) is 21.3 Å². The summed E-state index contributed by atoms with van der Waals surface area (Å²) in [5.74, 6) is 0.336. The van der Waals surface area contributed by atoms with Gasteiger partial charge in [0.25, 0.3) is 0 Å². The van der Waals surface area contributed by atoms with Crippen molar-refractivity contribution < 1.29 is 0 Å². The molecule has 0 bridgehead atoms. The number of hydrogen-bond donors (Lipinski definition) is 2. The second-order valence-corrected chi connectivity index (χ2v) is 4.80. The molecule has 1 aromatic heterocycles. The third-order valence-electron chi connectivity index (χ3n) is 2.86. The summed E-state index contributed by atoms with van der Waals surface area (Å²) >= 11 is 12.2. The maximum Gasteiger partial charge on any atom is 0.249 e. The van der Waals surface area contributed by atoms with Gasteiger partial charge in [0, 0.05) is 5.56 Å². The zero-order valence-corrected chi connectivity index (χ0v) is 11.4. The summed E-state index contributed by atoms with van der Waals surface area (Å²) in [7, 11) is 0. The summed E-state index contributed by atoms with van der Waals surface area (Å²) in [5.41, 5.74) is 7.14. The lowest BCUT2D eigenvalue weighted by atomic mass is 10.0. The number of nitrogens with one attached hydrogen (secondary N) is 1. The Balaban J connectivity index is 2.33. The van der Waals surface area contributed by atoms with E-state index in [1.807, 2.05) is 0 Å². The zero-order valence-electron chi connectivity index (χ0n) is 9.88. The van der Waals surface area contributed by atoms with E-state index in [1.54, 1.807) is 18.2 Å². The first-order valence-corrected chi connectivity index (χ1v) is 6.28. The number of benzene rings is 1. The highest BCUT2D eigenvalue weighted by molar-refractivity contribution is 6.43. The number of halogens is 2. The van der Waals surface area contributed by atoms with Crippen LogP contribution in [0.5, 0.6) is 0 Å². The molecule has 0 aliphatic carbocycles. The van der Waals surface area contributed by atoms with Crippen LogP contribution in [0.3, 0.4) is 0 Å². The fraction of sp³-hybridized carbons (Fsp3) is 0.0909. The molecule has 3 rings (SSSR count). The second-order valence-electron chi connectivity index (χ2n) is 4.01. The molecule has 1 unspecified atom stereocenters. The second kappa shape index (κ2) is 4.76. The molecule has 9 heteroatoms. The van der Waals surface area contributed by atoms with Gasteiger partial charge in [-0.3, -0.25) is 0 Å². The molecule has 0 spiro atoms. The molecule has 100 valence electrons. The summed E-state index contributed by atoms with van der Waals surface area (Å²) in [6, 6.07) is 7.16. The Morgan fingerprint density at radius 3 is 2.95 bits per heavy atom. The lowest BCUT2D eigenvalue weighted by molar-refractivity contribution is 0.766. The summed E-state index contributed by atoms with van der Waals surface area (Å²) in [6.07, 6.45) is -0.719. The zero-order chi connectivity index (χ0) is 14.3. The van der Waals surface area contributed by atoms with Gasteiger partial charge in [0.1, 0.15) is 12.2 Å². The van der Waals surface area contributed by atoms with Crippen LogP contribution in [0.15, 0.2) is 23.8 Å². The van der Waals surface area contributed by atoms with Gasteiger partial charge >= 0.3 is 0 Å². The number of hydrogen-bond acceptors (Lipinski definition) is 6. The van der Waals surface area contributed by atoms with E-state index < -0.39 is 6.17 Å². The monoisotopic (exact) mass is 307 g/mol. The van der Waals surface area contributed by atoms with Crippen molar-refractivity contribution >= 4 is 34.8 Å². The van der Waals surface area contributed by atoms with Crippen molar-refractivity contribution in [3.05, 3.63) is 39.4 Å². The van der Waals surface area contributed by atoms with Gasteiger partial charge in [0.15, 0.2) is 0 Å². The van der Waals surface area contributed by atoms with Crippen molar-refractivity contribution in [2.24, 2.45) is 5.73 Å². The van der Waals surface area contributed by atoms with Crippen LogP contribution >= 0.6 is 23.2 Å². The molecule has 1 aromatic carbocycles. The largest absolute Gasteiger partial charge is 0.333 e. The van der Waals surface area contributed by atoms with Crippen molar-refractivity contribution in [3.63, 3.8) is 0 Å². The van der Waals surface area contributed by atoms with Crippen molar-refractivity contribution in [3.8, 4) is 6.07 Å². The van der Waals surface area contributed by atoms with E-state index in [0.29, 0.717) is 27.3 Å². The lowest BCUT2D eigenvalue weighted by Gasteiger charge is -2.23. The van der Waals surface area contributed by atoms with Crippen molar-refractivity contribution in [2.45, 2.75) is 6.17 Å². The summed E-state index contributed by atoms with van der Waals surface area (Å²) < 4.78 is 1.37. The molecule has 2 aromatic rings. The lowest BCUT2D eigenvalue weighted by Crippen LogP contribution is -2.37. The van der Waals surface area contributed by atoms with Crippen LogP contribution in [0.25, 0.3) is 5.70 Å². The molecule has 0 amide bonds. The van der Waals surface area contributed by atoms with Crippen LogP contribution in [-0.4, -0.2) is 26.4 Å². The average Bonchev–Trinajstić information content (AvgIpc) is 2.88. The van der Waals surface area contributed by atoms with Crippen LogP contribution in [-0.2, 0) is 0 Å². The van der Waals surface area contributed by atoms with Gasteiger partial charge < -0.3 is 11.1 Å². The first-order chi connectivity index (χ1) is 9.63. The average molecular weight is 308 g/mol. The number of nitrogens with zero attached hydrogens (tertiary/aromatic N) is 5. The third kappa shape index (κ3) is 1.82. The quantitative estimate of drug-likeness (QED) is 0.826. The molecule has 1 aliphatic heterocycles. The maximum atomic E-state index is 9.33. The minimum Gasteiger partial charge on any atom is -0.333 e. The topological polar surface area (TPSA) is 105 Å². The fourth-order valence-corrected chi connectivity index (χ4v) is 2.36. The Labute approximate surface area is 123 Å². The van der Waals surface area contributed by atoms with Gasteiger partial charge in [-0.15, -0.1) is 0 Å². The first-order valence-electron chi connectivity index (χ1n) is 5.53. The van der Waals surface area contributed by atoms with Crippen LogP contribution < -0.4 is 11.1 Å². The Morgan fingerprint density at radius 2 is 2.20 bits per heavy atom. The molecule has 2 heterocycles. The maximum absolute atomic E-state index is 9.33.